The van der Waals surface area contributed by atoms with Crippen molar-refractivity contribution in [3.05, 3.63) is 59.6 Å². The van der Waals surface area contributed by atoms with Gasteiger partial charge in [-0.3, -0.25) is 10.9 Å². The normalized spacial score (nSPS) is 21.8. The van der Waals surface area contributed by atoms with Gasteiger partial charge in [-0.1, -0.05) is 0 Å². The first kappa shape index (κ1) is 15.4. The second-order valence-corrected chi connectivity index (χ2v) is 5.30. The Bertz CT molecular complexity index is 995. The quantitative estimate of drug-likeness (QED) is 0.631. The lowest BCUT2D eigenvalue weighted by Crippen LogP contribution is -2.32. The van der Waals surface area contributed by atoms with Gasteiger partial charge in [0, 0.05) is 23.4 Å². The smallest absolute Gasteiger partial charge is 0.253 e. The molecule has 5 aliphatic rings. The molecular formula is C16H10AlN8. The predicted molar refractivity (Wildman–Crippen MR) is 100 cm³/mol. The lowest BCUT2D eigenvalue weighted by molar-refractivity contribution is 0.899. The molecule has 117 valence electrons. The van der Waals surface area contributed by atoms with Gasteiger partial charge in [0.2, 0.25) is 5.96 Å². The van der Waals surface area contributed by atoms with Gasteiger partial charge in [0.1, 0.15) is 0 Å². The first-order valence-corrected chi connectivity index (χ1v) is 7.31. The molecule has 5 heterocycles. The van der Waals surface area contributed by atoms with Crippen molar-refractivity contribution in [3.63, 3.8) is 0 Å². The van der Waals surface area contributed by atoms with E-state index in [0.717, 1.165) is 22.8 Å². The molecule has 25 heavy (non-hydrogen) atoms. The Morgan fingerprint density at radius 3 is 2.16 bits per heavy atom. The van der Waals surface area contributed by atoms with E-state index >= 15 is 0 Å². The van der Waals surface area contributed by atoms with Crippen molar-refractivity contribution in [3.8, 4) is 0 Å². The van der Waals surface area contributed by atoms with Crippen molar-refractivity contribution < 1.29 is 0 Å². The summed E-state index contributed by atoms with van der Waals surface area (Å²) in [5.41, 5.74) is 9.81. The zero-order chi connectivity index (χ0) is 15.9. The number of fused-ring (bicyclic) bond motifs is 4. The standard InChI is InChI=1S/C16H10N8.Al/c1-2-11-6-13-8-17-15(20-13)22-16-21-14(23-24-16)7-12-4-3-10(19-12)5-9(1)18-11;/h1-8H,(H2,17,20,21,22,23,24);. The molecule has 0 atom stereocenters. The first-order chi connectivity index (χ1) is 11.8. The summed E-state index contributed by atoms with van der Waals surface area (Å²) in [5, 5.41) is 0. The molecule has 2 N–H and O–H groups in total. The van der Waals surface area contributed by atoms with E-state index in [1.807, 2.05) is 42.5 Å². The van der Waals surface area contributed by atoms with Crippen LogP contribution in [0.3, 0.4) is 0 Å². The molecular weight excluding hydrogens is 331 g/mol. The molecule has 9 heteroatoms. The number of nitrogens with one attached hydrogen (secondary N) is 2. The zero-order valence-electron chi connectivity index (χ0n) is 12.9. The Balaban J connectivity index is 0.00000157. The summed E-state index contributed by atoms with van der Waals surface area (Å²) in [6.45, 7) is 0. The maximum absolute atomic E-state index is 4.53. The Labute approximate surface area is 153 Å². The van der Waals surface area contributed by atoms with Crippen LogP contribution in [-0.2, 0) is 0 Å². The fourth-order valence-corrected chi connectivity index (χ4v) is 2.48. The summed E-state index contributed by atoms with van der Waals surface area (Å²) in [6, 6.07) is 0. The van der Waals surface area contributed by atoms with Crippen LogP contribution in [0.1, 0.15) is 0 Å². The molecule has 0 saturated heterocycles. The van der Waals surface area contributed by atoms with Crippen LogP contribution in [0.2, 0.25) is 0 Å². The third kappa shape index (κ3) is 3.11. The molecule has 0 aromatic rings. The summed E-state index contributed by atoms with van der Waals surface area (Å²) >= 11 is 0. The Kier molecular flexibility index (Phi) is 3.72. The molecule has 0 aromatic carbocycles. The second-order valence-electron chi connectivity index (χ2n) is 5.30. The molecule has 5 rings (SSSR count). The van der Waals surface area contributed by atoms with Crippen molar-refractivity contribution in [1.82, 2.24) is 10.9 Å². The van der Waals surface area contributed by atoms with E-state index in [-0.39, 0.29) is 17.4 Å². The molecule has 0 amide bonds. The van der Waals surface area contributed by atoms with Gasteiger partial charge in [-0.25, -0.2) is 20.0 Å². The first-order valence-electron chi connectivity index (χ1n) is 7.31. The minimum absolute atomic E-state index is 0. The van der Waals surface area contributed by atoms with Gasteiger partial charge in [0.25, 0.3) is 5.96 Å². The van der Waals surface area contributed by atoms with Gasteiger partial charge in [0.05, 0.1) is 34.7 Å². The maximum Gasteiger partial charge on any atom is 0.253 e. The summed E-state index contributed by atoms with van der Waals surface area (Å²) in [6.07, 6.45) is 15.0. The highest BCUT2D eigenvalue weighted by molar-refractivity contribution is 6.16. The molecule has 8 nitrogen and oxygen atoms in total. The Morgan fingerprint density at radius 2 is 1.36 bits per heavy atom. The van der Waals surface area contributed by atoms with Crippen LogP contribution >= 0.6 is 0 Å². The summed E-state index contributed by atoms with van der Waals surface area (Å²) in [5.74, 6) is 1.37. The minimum Gasteiger partial charge on any atom is -0.282 e. The Hall–Kier alpha value is -3.15. The van der Waals surface area contributed by atoms with Gasteiger partial charge < -0.3 is 0 Å². The monoisotopic (exact) mass is 341 g/mol. The van der Waals surface area contributed by atoms with E-state index in [2.05, 4.69) is 40.8 Å². The fraction of sp³-hybridized carbons (Fsp3) is 0. The van der Waals surface area contributed by atoms with Crippen molar-refractivity contribution in [2.75, 3.05) is 0 Å². The predicted octanol–water partition coefficient (Wildman–Crippen LogP) is 0.595. The van der Waals surface area contributed by atoms with Crippen LogP contribution in [0.15, 0.2) is 89.6 Å². The lowest BCUT2D eigenvalue weighted by Gasteiger charge is -1.95. The van der Waals surface area contributed by atoms with Gasteiger partial charge >= 0.3 is 0 Å². The lowest BCUT2D eigenvalue weighted by atomic mass is 10.3. The topological polar surface area (TPSA) is 98.2 Å². The fourth-order valence-electron chi connectivity index (χ4n) is 2.48. The number of allylic oxidation sites excluding steroid dienone is 7. The van der Waals surface area contributed by atoms with Crippen LogP contribution in [0.4, 0.5) is 0 Å². The van der Waals surface area contributed by atoms with E-state index in [1.54, 1.807) is 6.21 Å². The number of nitrogens with zero attached hydrogens (tertiary/aromatic N) is 6. The Morgan fingerprint density at radius 1 is 0.640 bits per heavy atom. The van der Waals surface area contributed by atoms with Crippen molar-refractivity contribution in [1.29, 1.82) is 0 Å². The molecule has 8 bridgehead atoms. The number of aliphatic imine (C=N–C) groups is 6. The van der Waals surface area contributed by atoms with Crippen LogP contribution < -0.4 is 10.9 Å². The molecule has 0 spiro atoms. The summed E-state index contributed by atoms with van der Waals surface area (Å²) in [7, 11) is 0. The van der Waals surface area contributed by atoms with Crippen LogP contribution in [0.25, 0.3) is 0 Å². The van der Waals surface area contributed by atoms with Crippen molar-refractivity contribution >= 4 is 52.8 Å². The maximum atomic E-state index is 4.53. The average Bonchev–Trinajstić information content (AvgIpc) is 3.32. The number of amidine groups is 1. The highest BCUT2D eigenvalue weighted by Crippen LogP contribution is 2.16. The molecule has 5 aliphatic heterocycles. The van der Waals surface area contributed by atoms with Crippen molar-refractivity contribution in [2.24, 2.45) is 30.0 Å². The molecule has 0 aromatic heterocycles. The third-order valence-corrected chi connectivity index (χ3v) is 3.52. The molecule has 0 aliphatic carbocycles. The SMILES string of the molecule is C1=CC2=NC1=CC1=NC(=NC3=NC(=CC4=NC(=C2)C=C4)C=N3)NN1.[Al]. The van der Waals surface area contributed by atoms with E-state index in [1.165, 1.54) is 0 Å². The number of hydrogen-bond donors (Lipinski definition) is 2. The average molecular weight is 341 g/mol. The van der Waals surface area contributed by atoms with E-state index in [0.29, 0.717) is 23.5 Å². The van der Waals surface area contributed by atoms with Gasteiger partial charge in [0.15, 0.2) is 5.84 Å². The number of rotatable bonds is 0. The largest absolute Gasteiger partial charge is 0.282 e. The van der Waals surface area contributed by atoms with E-state index in [4.69, 9.17) is 0 Å². The van der Waals surface area contributed by atoms with Crippen LogP contribution in [0, 0.1) is 0 Å². The minimum atomic E-state index is 0. The molecule has 0 saturated carbocycles. The van der Waals surface area contributed by atoms with E-state index in [9.17, 15) is 0 Å². The molecule has 0 unspecified atom stereocenters. The highest BCUT2D eigenvalue weighted by Gasteiger charge is 2.14. The number of hydrazine groups is 1. The van der Waals surface area contributed by atoms with Gasteiger partial charge in [-0.05, 0) is 36.5 Å². The van der Waals surface area contributed by atoms with E-state index < -0.39 is 0 Å². The van der Waals surface area contributed by atoms with Gasteiger partial charge in [-0.2, -0.15) is 9.98 Å². The zero-order valence-corrected chi connectivity index (χ0v) is 14.0. The summed E-state index contributed by atoms with van der Waals surface area (Å²) < 4.78 is 0. The van der Waals surface area contributed by atoms with Crippen molar-refractivity contribution in [2.45, 2.75) is 0 Å². The number of guanidine groups is 2. The second kappa shape index (κ2) is 6.05. The van der Waals surface area contributed by atoms with Gasteiger partial charge in [-0.15, -0.1) is 0 Å². The molecule has 0 fully saturated rings. The summed E-state index contributed by atoms with van der Waals surface area (Å²) in [4.78, 5) is 26.2. The highest BCUT2D eigenvalue weighted by atomic mass is 27.0. The third-order valence-electron chi connectivity index (χ3n) is 3.52. The number of hydrogen-bond acceptors (Lipinski definition) is 8. The molecule has 3 radical (unpaired) electrons. The van der Waals surface area contributed by atoms with Crippen LogP contribution in [0.5, 0.6) is 0 Å². The van der Waals surface area contributed by atoms with Crippen LogP contribution in [-0.4, -0.2) is 52.8 Å².